The molecular formula is C12H12ClNO. The third kappa shape index (κ3) is 1.71. The highest BCUT2D eigenvalue weighted by Gasteiger charge is 2.40. The summed E-state index contributed by atoms with van der Waals surface area (Å²) in [5, 5.41) is 0.703. The molecule has 0 N–H and O–H groups in total. The van der Waals surface area contributed by atoms with Crippen LogP contribution in [0.25, 0.3) is 0 Å². The molecule has 0 spiro atoms. The van der Waals surface area contributed by atoms with Gasteiger partial charge in [-0.3, -0.25) is 0 Å². The molecule has 15 heavy (non-hydrogen) atoms. The van der Waals surface area contributed by atoms with Crippen molar-refractivity contribution in [3.63, 3.8) is 0 Å². The molecular weight excluding hydrogens is 210 g/mol. The molecule has 78 valence electrons. The number of aryl methyl sites for hydroxylation is 1. The van der Waals surface area contributed by atoms with Crippen LogP contribution < -0.4 is 0 Å². The number of nitrogens with zero attached hydrogens (tertiary/aromatic N) is 1. The predicted molar refractivity (Wildman–Crippen MR) is 59.8 cm³/mol. The SMILES string of the molecule is Cc1ccc(C2(N=C=O)CCC2)c(Cl)c1. The largest absolute Gasteiger partial charge is 0.235 e. The van der Waals surface area contributed by atoms with Crippen molar-refractivity contribution in [1.82, 2.24) is 0 Å². The van der Waals surface area contributed by atoms with E-state index in [1.54, 1.807) is 6.08 Å². The summed E-state index contributed by atoms with van der Waals surface area (Å²) in [5.74, 6) is 0. The maximum atomic E-state index is 10.4. The second kappa shape index (κ2) is 3.80. The van der Waals surface area contributed by atoms with Crippen LogP contribution in [-0.2, 0) is 10.3 Å². The van der Waals surface area contributed by atoms with E-state index in [1.165, 1.54) is 0 Å². The summed E-state index contributed by atoms with van der Waals surface area (Å²) in [6.07, 6.45) is 4.55. The number of benzene rings is 1. The lowest BCUT2D eigenvalue weighted by Gasteiger charge is -2.37. The Bertz CT molecular complexity index is 431. The first-order valence-corrected chi connectivity index (χ1v) is 5.41. The van der Waals surface area contributed by atoms with E-state index in [1.807, 2.05) is 25.1 Å². The van der Waals surface area contributed by atoms with Gasteiger partial charge in [-0.25, -0.2) is 4.79 Å². The minimum absolute atomic E-state index is 0.382. The lowest BCUT2D eigenvalue weighted by molar-refractivity contribution is 0.256. The monoisotopic (exact) mass is 221 g/mol. The van der Waals surface area contributed by atoms with E-state index >= 15 is 0 Å². The van der Waals surface area contributed by atoms with Gasteiger partial charge in [-0.2, -0.15) is 4.99 Å². The molecule has 1 aromatic carbocycles. The van der Waals surface area contributed by atoms with Crippen molar-refractivity contribution in [2.24, 2.45) is 4.99 Å². The van der Waals surface area contributed by atoms with E-state index in [4.69, 9.17) is 11.6 Å². The van der Waals surface area contributed by atoms with Crippen LogP contribution >= 0.6 is 11.6 Å². The van der Waals surface area contributed by atoms with Crippen molar-refractivity contribution in [3.8, 4) is 0 Å². The van der Waals surface area contributed by atoms with Crippen LogP contribution in [0.2, 0.25) is 5.02 Å². The van der Waals surface area contributed by atoms with Crippen LogP contribution in [0.3, 0.4) is 0 Å². The smallest absolute Gasteiger partial charge is 0.211 e. The molecule has 1 aliphatic carbocycles. The van der Waals surface area contributed by atoms with Gasteiger partial charge in [-0.1, -0.05) is 23.7 Å². The summed E-state index contributed by atoms with van der Waals surface area (Å²) < 4.78 is 0. The molecule has 1 saturated carbocycles. The summed E-state index contributed by atoms with van der Waals surface area (Å²) in [4.78, 5) is 14.4. The Morgan fingerprint density at radius 3 is 2.67 bits per heavy atom. The molecule has 0 amide bonds. The maximum absolute atomic E-state index is 10.4. The zero-order chi connectivity index (χ0) is 10.9. The van der Waals surface area contributed by atoms with Gasteiger partial charge >= 0.3 is 0 Å². The van der Waals surface area contributed by atoms with Crippen molar-refractivity contribution in [2.75, 3.05) is 0 Å². The minimum Gasteiger partial charge on any atom is -0.211 e. The van der Waals surface area contributed by atoms with Gasteiger partial charge in [0.05, 0.1) is 5.54 Å². The quantitative estimate of drug-likeness (QED) is 0.556. The number of isocyanates is 1. The van der Waals surface area contributed by atoms with Gasteiger partial charge in [0, 0.05) is 5.02 Å². The Morgan fingerprint density at radius 1 is 1.47 bits per heavy atom. The molecule has 0 radical (unpaired) electrons. The Morgan fingerprint density at radius 2 is 2.20 bits per heavy atom. The molecule has 2 rings (SSSR count). The van der Waals surface area contributed by atoms with Gasteiger partial charge in [-0.05, 0) is 43.4 Å². The van der Waals surface area contributed by atoms with Gasteiger partial charge in [-0.15, -0.1) is 0 Å². The van der Waals surface area contributed by atoms with Gasteiger partial charge < -0.3 is 0 Å². The molecule has 0 bridgehead atoms. The van der Waals surface area contributed by atoms with Crippen LogP contribution in [0.1, 0.15) is 30.4 Å². The number of carbonyl (C=O) groups excluding carboxylic acids is 1. The number of hydrogen-bond acceptors (Lipinski definition) is 2. The number of rotatable bonds is 2. The Balaban J connectivity index is 2.47. The Labute approximate surface area is 94.0 Å². The summed E-state index contributed by atoms with van der Waals surface area (Å²) >= 11 is 6.17. The molecule has 0 aromatic heterocycles. The molecule has 2 nitrogen and oxygen atoms in total. The van der Waals surface area contributed by atoms with E-state index in [2.05, 4.69) is 4.99 Å². The van der Waals surface area contributed by atoms with Gasteiger partial charge in [0.15, 0.2) is 0 Å². The summed E-state index contributed by atoms with van der Waals surface area (Å²) in [7, 11) is 0. The fourth-order valence-electron chi connectivity index (χ4n) is 2.04. The topological polar surface area (TPSA) is 29.4 Å². The van der Waals surface area contributed by atoms with Crippen molar-refractivity contribution in [3.05, 3.63) is 34.3 Å². The van der Waals surface area contributed by atoms with Crippen LogP contribution in [0.4, 0.5) is 0 Å². The second-order valence-corrected chi connectivity index (χ2v) is 4.48. The lowest BCUT2D eigenvalue weighted by atomic mass is 9.72. The first kappa shape index (κ1) is 10.4. The molecule has 1 aliphatic rings. The van der Waals surface area contributed by atoms with Crippen LogP contribution in [0, 0.1) is 6.92 Å². The van der Waals surface area contributed by atoms with E-state index in [0.717, 1.165) is 30.4 Å². The van der Waals surface area contributed by atoms with Gasteiger partial charge in [0.25, 0.3) is 0 Å². The van der Waals surface area contributed by atoms with E-state index in [0.29, 0.717) is 5.02 Å². The van der Waals surface area contributed by atoms with Crippen molar-refractivity contribution >= 4 is 17.7 Å². The predicted octanol–water partition coefficient (Wildman–Crippen LogP) is 3.36. The molecule has 0 atom stereocenters. The number of aliphatic imine (C=N–C) groups is 1. The van der Waals surface area contributed by atoms with E-state index in [-0.39, 0.29) is 5.54 Å². The molecule has 1 aromatic rings. The highest BCUT2D eigenvalue weighted by atomic mass is 35.5. The summed E-state index contributed by atoms with van der Waals surface area (Å²) in [6.45, 7) is 1.99. The third-order valence-corrected chi connectivity index (χ3v) is 3.38. The molecule has 0 aliphatic heterocycles. The average Bonchev–Trinajstić information content (AvgIpc) is 2.12. The van der Waals surface area contributed by atoms with E-state index < -0.39 is 0 Å². The standard InChI is InChI=1S/C12H12ClNO/c1-9-3-4-10(11(13)7-9)12(14-8-15)5-2-6-12/h3-4,7H,2,5-6H2,1H3. The van der Waals surface area contributed by atoms with Crippen LogP contribution in [0.15, 0.2) is 23.2 Å². The highest BCUT2D eigenvalue weighted by molar-refractivity contribution is 6.31. The van der Waals surface area contributed by atoms with Gasteiger partial charge in [0.1, 0.15) is 0 Å². The zero-order valence-electron chi connectivity index (χ0n) is 8.59. The summed E-state index contributed by atoms with van der Waals surface area (Å²) in [6, 6.07) is 5.89. The maximum Gasteiger partial charge on any atom is 0.235 e. The second-order valence-electron chi connectivity index (χ2n) is 4.07. The molecule has 1 fully saturated rings. The molecule has 0 unspecified atom stereocenters. The first-order chi connectivity index (χ1) is 7.18. The molecule has 0 heterocycles. The highest BCUT2D eigenvalue weighted by Crippen LogP contribution is 2.47. The number of hydrogen-bond donors (Lipinski definition) is 0. The average molecular weight is 222 g/mol. The fraction of sp³-hybridized carbons (Fsp3) is 0.417. The normalized spacial score (nSPS) is 17.7. The minimum atomic E-state index is -0.382. The molecule has 3 heteroatoms. The lowest BCUT2D eigenvalue weighted by Crippen LogP contribution is -2.32. The Kier molecular flexibility index (Phi) is 2.64. The van der Waals surface area contributed by atoms with E-state index in [9.17, 15) is 4.79 Å². The molecule has 0 saturated heterocycles. The fourth-order valence-corrected chi connectivity index (χ4v) is 2.45. The first-order valence-electron chi connectivity index (χ1n) is 5.04. The zero-order valence-corrected chi connectivity index (χ0v) is 9.34. The third-order valence-electron chi connectivity index (χ3n) is 3.07. The van der Waals surface area contributed by atoms with Crippen LogP contribution in [0.5, 0.6) is 0 Å². The van der Waals surface area contributed by atoms with Crippen molar-refractivity contribution in [2.45, 2.75) is 31.7 Å². The van der Waals surface area contributed by atoms with Crippen LogP contribution in [-0.4, -0.2) is 6.08 Å². The van der Waals surface area contributed by atoms with Crippen molar-refractivity contribution in [1.29, 1.82) is 0 Å². The van der Waals surface area contributed by atoms with Gasteiger partial charge in [0.2, 0.25) is 6.08 Å². The number of halogens is 1. The summed E-state index contributed by atoms with van der Waals surface area (Å²) in [5.41, 5.74) is 1.70. The Hall–Kier alpha value is -1.11. The van der Waals surface area contributed by atoms with Crippen molar-refractivity contribution < 1.29 is 4.79 Å².